The van der Waals surface area contributed by atoms with Gasteiger partial charge in [0.2, 0.25) is 15.9 Å². The molecule has 1 aliphatic carbocycles. The molecule has 6 nitrogen and oxygen atoms in total. The second-order valence-corrected chi connectivity index (χ2v) is 9.79. The third kappa shape index (κ3) is 4.89. The molecule has 3 N–H and O–H groups in total. The van der Waals surface area contributed by atoms with E-state index in [1.165, 1.54) is 0 Å². The summed E-state index contributed by atoms with van der Waals surface area (Å²) in [5.41, 5.74) is 6.62. The van der Waals surface area contributed by atoms with Gasteiger partial charge < -0.3 is 11.1 Å². The number of nitrogens with one attached hydrogen (secondary N) is 1. The topological polar surface area (TPSA) is 92.5 Å². The van der Waals surface area contributed by atoms with Crippen LogP contribution in [0.25, 0.3) is 0 Å². The smallest absolute Gasteiger partial charge is 0.243 e. The van der Waals surface area contributed by atoms with Gasteiger partial charge in [-0.1, -0.05) is 31.4 Å². The van der Waals surface area contributed by atoms with Gasteiger partial charge in [-0.3, -0.25) is 4.79 Å². The Morgan fingerprint density at radius 2 is 1.67 bits per heavy atom. The lowest BCUT2D eigenvalue weighted by Gasteiger charge is -2.28. The van der Waals surface area contributed by atoms with Gasteiger partial charge in [0, 0.05) is 26.1 Å². The molecule has 0 bridgehead atoms. The Kier molecular flexibility index (Phi) is 6.55. The molecule has 1 heterocycles. The van der Waals surface area contributed by atoms with Gasteiger partial charge in [0.1, 0.15) is 0 Å². The fraction of sp³-hybridized carbons (Fsp3) is 0.650. The molecule has 0 atom stereocenters. The molecule has 1 aliphatic heterocycles. The molecular formula is C20H31N3O3S. The van der Waals surface area contributed by atoms with Crippen LogP contribution in [0.15, 0.2) is 29.2 Å². The molecule has 3 rings (SSSR count). The number of carbonyl (C=O) groups excluding carboxylic acids is 1. The molecule has 7 heteroatoms. The molecule has 1 aromatic carbocycles. The van der Waals surface area contributed by atoms with Crippen LogP contribution in [0.4, 0.5) is 0 Å². The summed E-state index contributed by atoms with van der Waals surface area (Å²) in [6.45, 7) is 1.70. The molecule has 1 amide bonds. The summed E-state index contributed by atoms with van der Waals surface area (Å²) >= 11 is 0. The van der Waals surface area contributed by atoms with Crippen LogP contribution in [-0.4, -0.2) is 43.8 Å². The molecular weight excluding hydrogens is 362 g/mol. The minimum absolute atomic E-state index is 0.0207. The Labute approximate surface area is 162 Å². The Bertz CT molecular complexity index is 734. The van der Waals surface area contributed by atoms with E-state index in [1.807, 2.05) is 12.1 Å². The van der Waals surface area contributed by atoms with Crippen LogP contribution in [0.5, 0.6) is 0 Å². The summed E-state index contributed by atoms with van der Waals surface area (Å²) in [7, 11) is -3.40. The van der Waals surface area contributed by atoms with Crippen LogP contribution < -0.4 is 11.1 Å². The van der Waals surface area contributed by atoms with Gasteiger partial charge in [-0.05, 0) is 49.8 Å². The monoisotopic (exact) mass is 393 g/mol. The minimum Gasteiger partial charge on any atom is -0.349 e. The zero-order valence-corrected chi connectivity index (χ0v) is 16.8. The summed E-state index contributed by atoms with van der Waals surface area (Å²) in [5.74, 6) is 0.0207. The van der Waals surface area contributed by atoms with Crippen molar-refractivity contribution in [2.45, 2.75) is 68.2 Å². The summed E-state index contributed by atoms with van der Waals surface area (Å²) in [5, 5.41) is 3.12. The number of sulfonamides is 1. The number of rotatable bonds is 7. The zero-order valence-electron chi connectivity index (χ0n) is 16.0. The number of piperidine rings is 1. The van der Waals surface area contributed by atoms with Gasteiger partial charge >= 0.3 is 0 Å². The first-order valence-corrected chi connectivity index (χ1v) is 11.5. The number of nitrogens with zero attached hydrogens (tertiary/aromatic N) is 1. The number of hydrogen-bond donors (Lipinski definition) is 2. The average molecular weight is 394 g/mol. The van der Waals surface area contributed by atoms with E-state index in [0.717, 1.165) is 50.5 Å². The predicted molar refractivity (Wildman–Crippen MR) is 106 cm³/mol. The quantitative estimate of drug-likeness (QED) is 0.743. The number of hydrogen-bond acceptors (Lipinski definition) is 4. The van der Waals surface area contributed by atoms with Crippen molar-refractivity contribution in [3.8, 4) is 0 Å². The standard InChI is InChI=1S/C20H31N3O3S/c21-16-20(12-2-3-13-20)22-19(24)11-8-17-6-9-18(10-7-17)27(25,26)23-14-4-1-5-15-23/h6-7,9-10H,1-5,8,11-16,21H2,(H,22,24). The molecule has 27 heavy (non-hydrogen) atoms. The molecule has 0 aromatic heterocycles. The first-order valence-electron chi connectivity index (χ1n) is 10.1. The highest BCUT2D eigenvalue weighted by Gasteiger charge is 2.33. The van der Waals surface area contributed by atoms with E-state index in [1.54, 1.807) is 16.4 Å². The van der Waals surface area contributed by atoms with E-state index >= 15 is 0 Å². The van der Waals surface area contributed by atoms with E-state index < -0.39 is 10.0 Å². The van der Waals surface area contributed by atoms with Crippen LogP contribution in [0.3, 0.4) is 0 Å². The molecule has 1 saturated heterocycles. The summed E-state index contributed by atoms with van der Waals surface area (Å²) in [6.07, 6.45) is 8.08. The summed E-state index contributed by atoms with van der Waals surface area (Å²) < 4.78 is 26.9. The number of carbonyl (C=O) groups is 1. The zero-order chi connectivity index (χ0) is 19.3. The summed E-state index contributed by atoms with van der Waals surface area (Å²) in [4.78, 5) is 12.6. The Balaban J connectivity index is 1.55. The molecule has 150 valence electrons. The number of aryl methyl sites for hydroxylation is 1. The highest BCUT2D eigenvalue weighted by molar-refractivity contribution is 7.89. The van der Waals surface area contributed by atoms with E-state index in [2.05, 4.69) is 5.32 Å². The van der Waals surface area contributed by atoms with Gasteiger partial charge in [-0.2, -0.15) is 4.31 Å². The largest absolute Gasteiger partial charge is 0.349 e. The lowest BCUT2D eigenvalue weighted by molar-refractivity contribution is -0.122. The first-order chi connectivity index (χ1) is 13.0. The minimum atomic E-state index is -3.40. The first kappa shape index (κ1) is 20.3. The van der Waals surface area contributed by atoms with E-state index in [9.17, 15) is 13.2 Å². The third-order valence-electron chi connectivity index (χ3n) is 5.87. The van der Waals surface area contributed by atoms with E-state index in [0.29, 0.717) is 37.4 Å². The second-order valence-electron chi connectivity index (χ2n) is 7.85. The van der Waals surface area contributed by atoms with Crippen molar-refractivity contribution in [3.63, 3.8) is 0 Å². The van der Waals surface area contributed by atoms with Gasteiger partial charge in [0.25, 0.3) is 0 Å². The van der Waals surface area contributed by atoms with Gasteiger partial charge in [-0.15, -0.1) is 0 Å². The lowest BCUT2D eigenvalue weighted by atomic mass is 9.97. The molecule has 1 aromatic rings. The van der Waals surface area contributed by atoms with Crippen molar-refractivity contribution in [2.24, 2.45) is 5.73 Å². The van der Waals surface area contributed by atoms with Crippen molar-refractivity contribution in [2.75, 3.05) is 19.6 Å². The molecule has 0 radical (unpaired) electrons. The van der Waals surface area contributed by atoms with Crippen molar-refractivity contribution in [1.82, 2.24) is 9.62 Å². The maximum atomic E-state index is 12.7. The molecule has 0 spiro atoms. The third-order valence-corrected chi connectivity index (χ3v) is 7.79. The lowest BCUT2D eigenvalue weighted by Crippen LogP contribution is -2.51. The molecule has 1 saturated carbocycles. The normalized spacial score (nSPS) is 20.5. The molecule has 2 aliphatic rings. The highest BCUT2D eigenvalue weighted by Crippen LogP contribution is 2.28. The SMILES string of the molecule is NCC1(NC(=O)CCc2ccc(S(=O)(=O)N3CCCCC3)cc2)CCCC1. The molecule has 0 unspecified atom stereocenters. The van der Waals surface area contributed by atoms with Crippen molar-refractivity contribution < 1.29 is 13.2 Å². The Hall–Kier alpha value is -1.44. The van der Waals surface area contributed by atoms with Crippen LogP contribution in [0.2, 0.25) is 0 Å². The van der Waals surface area contributed by atoms with E-state index in [-0.39, 0.29) is 11.4 Å². The van der Waals surface area contributed by atoms with Gasteiger partial charge in [0.15, 0.2) is 0 Å². The average Bonchev–Trinajstić information content (AvgIpc) is 3.16. The second kappa shape index (κ2) is 8.71. The Morgan fingerprint density at radius 1 is 1.04 bits per heavy atom. The van der Waals surface area contributed by atoms with Crippen LogP contribution >= 0.6 is 0 Å². The highest BCUT2D eigenvalue weighted by atomic mass is 32.2. The van der Waals surface area contributed by atoms with E-state index in [4.69, 9.17) is 5.73 Å². The fourth-order valence-electron chi connectivity index (χ4n) is 4.13. The summed E-state index contributed by atoms with van der Waals surface area (Å²) in [6, 6.07) is 6.96. The van der Waals surface area contributed by atoms with Crippen LogP contribution in [-0.2, 0) is 21.2 Å². The number of benzene rings is 1. The van der Waals surface area contributed by atoms with Crippen LogP contribution in [0.1, 0.15) is 56.9 Å². The Morgan fingerprint density at radius 3 is 2.26 bits per heavy atom. The van der Waals surface area contributed by atoms with Gasteiger partial charge in [-0.25, -0.2) is 8.42 Å². The van der Waals surface area contributed by atoms with Crippen molar-refractivity contribution in [1.29, 1.82) is 0 Å². The fourth-order valence-corrected chi connectivity index (χ4v) is 5.65. The number of amides is 1. The van der Waals surface area contributed by atoms with Crippen LogP contribution in [0, 0.1) is 0 Å². The number of nitrogens with two attached hydrogens (primary N) is 1. The molecule has 2 fully saturated rings. The predicted octanol–water partition coefficient (Wildman–Crippen LogP) is 2.18. The maximum Gasteiger partial charge on any atom is 0.243 e. The van der Waals surface area contributed by atoms with Gasteiger partial charge in [0.05, 0.1) is 10.4 Å². The maximum absolute atomic E-state index is 12.7. The van der Waals surface area contributed by atoms with Crippen molar-refractivity contribution >= 4 is 15.9 Å². The van der Waals surface area contributed by atoms with Crippen molar-refractivity contribution in [3.05, 3.63) is 29.8 Å².